The van der Waals surface area contributed by atoms with E-state index in [1.54, 1.807) is 18.2 Å². The third-order valence-corrected chi connectivity index (χ3v) is 3.74. The molecule has 0 aliphatic heterocycles. The van der Waals surface area contributed by atoms with Gasteiger partial charge in [0.2, 0.25) is 0 Å². The number of ether oxygens (including phenoxy) is 1. The number of hydrogen-bond acceptors (Lipinski definition) is 2. The molecule has 0 amide bonds. The van der Waals surface area contributed by atoms with Crippen molar-refractivity contribution >= 4 is 5.97 Å². The molecule has 1 aliphatic rings. The van der Waals surface area contributed by atoms with Crippen molar-refractivity contribution in [3.8, 4) is 5.75 Å². The molecule has 3 heteroatoms. The minimum absolute atomic E-state index is 0.240. The number of carboxylic acids is 1. The fourth-order valence-corrected chi connectivity index (χ4v) is 2.36. The lowest BCUT2D eigenvalue weighted by Crippen LogP contribution is -2.21. The smallest absolute Gasteiger partial charge is 0.339 e. The van der Waals surface area contributed by atoms with Gasteiger partial charge in [0.1, 0.15) is 11.3 Å². The molecule has 2 rings (SSSR count). The normalized spacial score (nSPS) is 22.2. The van der Waals surface area contributed by atoms with Gasteiger partial charge >= 0.3 is 5.97 Å². The van der Waals surface area contributed by atoms with Gasteiger partial charge in [0.25, 0.3) is 0 Å². The van der Waals surface area contributed by atoms with E-state index in [0.717, 1.165) is 18.4 Å². The first-order valence-corrected chi connectivity index (χ1v) is 6.69. The van der Waals surface area contributed by atoms with Crippen LogP contribution in [-0.2, 0) is 0 Å². The van der Waals surface area contributed by atoms with Crippen LogP contribution in [0.15, 0.2) is 30.4 Å². The van der Waals surface area contributed by atoms with Crippen LogP contribution in [0, 0.1) is 18.8 Å². The highest BCUT2D eigenvalue weighted by molar-refractivity contribution is 5.90. The van der Waals surface area contributed by atoms with Crippen LogP contribution in [0.1, 0.15) is 35.7 Å². The lowest BCUT2D eigenvalue weighted by molar-refractivity contribution is 0.0690. The van der Waals surface area contributed by atoms with Gasteiger partial charge in [0.15, 0.2) is 0 Å². The highest BCUT2D eigenvalue weighted by Crippen LogP contribution is 2.27. The maximum Gasteiger partial charge on any atom is 0.339 e. The molecule has 19 heavy (non-hydrogen) atoms. The second kappa shape index (κ2) is 5.91. The first-order chi connectivity index (χ1) is 9.08. The average Bonchev–Trinajstić information content (AvgIpc) is 2.37. The minimum Gasteiger partial charge on any atom is -0.492 e. The molecule has 2 atom stereocenters. The Hall–Kier alpha value is -1.77. The van der Waals surface area contributed by atoms with Crippen molar-refractivity contribution in [1.82, 2.24) is 0 Å². The van der Waals surface area contributed by atoms with Gasteiger partial charge in [0.05, 0.1) is 6.61 Å². The molecule has 3 nitrogen and oxygen atoms in total. The summed E-state index contributed by atoms with van der Waals surface area (Å²) >= 11 is 0. The highest BCUT2D eigenvalue weighted by atomic mass is 16.5. The second-order valence-electron chi connectivity index (χ2n) is 5.30. The van der Waals surface area contributed by atoms with Gasteiger partial charge in [-0.2, -0.15) is 0 Å². The van der Waals surface area contributed by atoms with Crippen LogP contribution in [-0.4, -0.2) is 17.7 Å². The Labute approximate surface area is 113 Å². The third-order valence-electron chi connectivity index (χ3n) is 3.74. The topological polar surface area (TPSA) is 46.5 Å². The molecule has 102 valence electrons. The lowest BCUT2D eigenvalue weighted by Gasteiger charge is -2.25. The lowest BCUT2D eigenvalue weighted by atomic mass is 9.85. The number of allylic oxidation sites excluding steroid dienone is 2. The standard InChI is InChI=1S/C16H20O3/c1-11-7-8-14(16(17)18)15(9-11)19-10-13-6-4-3-5-12(13)2/h3-4,7-9,12-13H,5-6,10H2,1-2H3,(H,17,18). The predicted molar refractivity (Wildman–Crippen MR) is 74.7 cm³/mol. The second-order valence-corrected chi connectivity index (χ2v) is 5.30. The van der Waals surface area contributed by atoms with E-state index in [1.165, 1.54) is 0 Å². The van der Waals surface area contributed by atoms with E-state index in [9.17, 15) is 4.79 Å². The molecule has 0 saturated carbocycles. The zero-order valence-corrected chi connectivity index (χ0v) is 11.4. The summed E-state index contributed by atoms with van der Waals surface area (Å²) in [6.07, 6.45) is 6.47. The van der Waals surface area contributed by atoms with Gasteiger partial charge in [0, 0.05) is 0 Å². The molecule has 1 aromatic carbocycles. The van der Waals surface area contributed by atoms with E-state index in [1.807, 2.05) is 6.92 Å². The molecule has 0 radical (unpaired) electrons. The number of carbonyl (C=O) groups is 1. The number of aromatic carboxylic acids is 1. The summed E-state index contributed by atoms with van der Waals surface area (Å²) in [5, 5.41) is 9.15. The van der Waals surface area contributed by atoms with Gasteiger partial charge < -0.3 is 9.84 Å². The summed E-state index contributed by atoms with van der Waals surface area (Å²) in [5.41, 5.74) is 1.25. The van der Waals surface area contributed by atoms with Crippen molar-refractivity contribution in [3.05, 3.63) is 41.5 Å². The first kappa shape index (κ1) is 13.7. The molecule has 1 aliphatic carbocycles. The van der Waals surface area contributed by atoms with Crippen LogP contribution in [0.4, 0.5) is 0 Å². The fourth-order valence-electron chi connectivity index (χ4n) is 2.36. The molecule has 1 N–H and O–H groups in total. The molecule has 0 fully saturated rings. The van der Waals surface area contributed by atoms with Crippen molar-refractivity contribution in [2.75, 3.05) is 6.61 Å². The van der Waals surface area contributed by atoms with Crippen LogP contribution in [0.5, 0.6) is 5.75 Å². The quantitative estimate of drug-likeness (QED) is 0.840. The van der Waals surface area contributed by atoms with Crippen LogP contribution in [0.3, 0.4) is 0 Å². The molecule has 0 spiro atoms. The molecule has 2 unspecified atom stereocenters. The van der Waals surface area contributed by atoms with Gasteiger partial charge in [-0.15, -0.1) is 0 Å². The van der Waals surface area contributed by atoms with Gasteiger partial charge in [-0.05, 0) is 49.3 Å². The molecule has 0 heterocycles. The molecule has 0 aromatic heterocycles. The average molecular weight is 260 g/mol. The Bertz CT molecular complexity index is 491. The summed E-state index contributed by atoms with van der Waals surface area (Å²) < 4.78 is 5.77. The van der Waals surface area contributed by atoms with E-state index in [0.29, 0.717) is 24.2 Å². The Morgan fingerprint density at radius 2 is 2.11 bits per heavy atom. The van der Waals surface area contributed by atoms with Gasteiger partial charge in [-0.25, -0.2) is 4.79 Å². The maximum absolute atomic E-state index is 11.2. The maximum atomic E-state index is 11.2. The summed E-state index contributed by atoms with van der Waals surface area (Å²) in [7, 11) is 0. The Morgan fingerprint density at radius 1 is 1.37 bits per heavy atom. The van der Waals surface area contributed by atoms with Gasteiger partial charge in [-0.1, -0.05) is 25.1 Å². The summed E-state index contributed by atoms with van der Waals surface area (Å²) in [6, 6.07) is 5.20. The number of benzene rings is 1. The largest absolute Gasteiger partial charge is 0.492 e. The highest BCUT2D eigenvalue weighted by Gasteiger charge is 2.20. The van der Waals surface area contributed by atoms with Crippen molar-refractivity contribution < 1.29 is 14.6 Å². The molecule has 0 bridgehead atoms. The van der Waals surface area contributed by atoms with Gasteiger partial charge in [-0.3, -0.25) is 0 Å². The molecule has 1 aromatic rings. The molecular weight excluding hydrogens is 240 g/mol. The van der Waals surface area contributed by atoms with Crippen LogP contribution in [0.2, 0.25) is 0 Å². The van der Waals surface area contributed by atoms with Crippen LogP contribution in [0.25, 0.3) is 0 Å². The molecule has 0 saturated heterocycles. The Balaban J connectivity index is 2.08. The van der Waals surface area contributed by atoms with Crippen molar-refractivity contribution in [3.63, 3.8) is 0 Å². The van der Waals surface area contributed by atoms with E-state index in [4.69, 9.17) is 9.84 Å². The summed E-state index contributed by atoms with van der Waals surface area (Å²) in [6.45, 7) is 4.73. The monoisotopic (exact) mass is 260 g/mol. The zero-order valence-electron chi connectivity index (χ0n) is 11.4. The predicted octanol–water partition coefficient (Wildman–Crippen LogP) is 3.67. The Kier molecular flexibility index (Phi) is 4.25. The molecular formula is C16H20O3. The van der Waals surface area contributed by atoms with Crippen LogP contribution >= 0.6 is 0 Å². The number of carboxylic acid groups (broad SMARTS) is 1. The third kappa shape index (κ3) is 3.37. The zero-order chi connectivity index (χ0) is 13.8. The van der Waals surface area contributed by atoms with E-state index >= 15 is 0 Å². The first-order valence-electron chi connectivity index (χ1n) is 6.69. The Morgan fingerprint density at radius 3 is 2.79 bits per heavy atom. The van der Waals surface area contributed by atoms with Crippen molar-refractivity contribution in [2.24, 2.45) is 11.8 Å². The minimum atomic E-state index is -0.938. The summed E-state index contributed by atoms with van der Waals surface area (Å²) in [5.74, 6) is 0.594. The number of hydrogen-bond donors (Lipinski definition) is 1. The van der Waals surface area contributed by atoms with E-state index in [2.05, 4.69) is 19.1 Å². The van der Waals surface area contributed by atoms with E-state index in [-0.39, 0.29) is 5.56 Å². The summed E-state index contributed by atoms with van der Waals surface area (Å²) in [4.78, 5) is 11.2. The van der Waals surface area contributed by atoms with Crippen LogP contribution < -0.4 is 4.74 Å². The van der Waals surface area contributed by atoms with Crippen molar-refractivity contribution in [1.29, 1.82) is 0 Å². The fraction of sp³-hybridized carbons (Fsp3) is 0.438. The number of aryl methyl sites for hydroxylation is 1. The van der Waals surface area contributed by atoms with E-state index < -0.39 is 5.97 Å². The number of rotatable bonds is 4. The SMILES string of the molecule is Cc1ccc(C(=O)O)c(OCC2CC=CCC2C)c1. The van der Waals surface area contributed by atoms with Crippen molar-refractivity contribution in [2.45, 2.75) is 26.7 Å².